The molecule has 0 aliphatic carbocycles. The monoisotopic (exact) mass is 392 g/mol. The Labute approximate surface area is 169 Å². The fraction of sp³-hybridized carbons (Fsp3) is 0.636. The van der Waals surface area contributed by atoms with E-state index in [4.69, 9.17) is 0 Å². The number of carbonyl (C=O) groups excluding carboxylic acids is 2. The van der Waals surface area contributed by atoms with Crippen LogP contribution in [0.3, 0.4) is 0 Å². The van der Waals surface area contributed by atoms with E-state index in [-0.39, 0.29) is 17.2 Å². The Hall–Kier alpha value is -1.49. The number of thioether (sulfide) groups is 1. The summed E-state index contributed by atoms with van der Waals surface area (Å²) in [6.45, 7) is 11.4. The first-order valence-corrected chi connectivity index (χ1v) is 11.2. The van der Waals surface area contributed by atoms with Gasteiger partial charge in [0.15, 0.2) is 0 Å². The summed E-state index contributed by atoms with van der Waals surface area (Å²) >= 11 is 1.68. The van der Waals surface area contributed by atoms with Gasteiger partial charge in [-0.3, -0.25) is 9.59 Å². The summed E-state index contributed by atoms with van der Waals surface area (Å²) in [6.07, 6.45) is 4.68. The second kappa shape index (κ2) is 11.4. The Morgan fingerprint density at radius 1 is 1.07 bits per heavy atom. The van der Waals surface area contributed by atoms with E-state index < -0.39 is 6.04 Å². The van der Waals surface area contributed by atoms with Gasteiger partial charge in [-0.15, -0.1) is 0 Å². The summed E-state index contributed by atoms with van der Waals surface area (Å²) in [5.41, 5.74) is 1.82. The van der Waals surface area contributed by atoms with Crippen LogP contribution in [0.1, 0.15) is 69.8 Å². The molecule has 0 unspecified atom stereocenters. The molecule has 5 heteroatoms. The maximum Gasteiger partial charge on any atom is 0.251 e. The van der Waals surface area contributed by atoms with Gasteiger partial charge < -0.3 is 10.6 Å². The number of hydrogen-bond donors (Lipinski definition) is 2. The Bertz CT molecular complexity index is 591. The standard InChI is InChI=1S/C22H36N2O2S/c1-16(2)8-7-14-23-21(26)19(13-15-27-6)24-20(25)17-9-11-18(12-10-17)22(3,4)5/h9-12,16,19H,7-8,13-15H2,1-6H3,(H,23,26)(H,24,25)/t19-/m1/s1. The van der Waals surface area contributed by atoms with Gasteiger partial charge in [0.1, 0.15) is 6.04 Å². The van der Waals surface area contributed by atoms with Gasteiger partial charge in [0.05, 0.1) is 0 Å². The molecule has 4 nitrogen and oxygen atoms in total. The smallest absolute Gasteiger partial charge is 0.251 e. The minimum Gasteiger partial charge on any atom is -0.354 e. The molecule has 0 fully saturated rings. The molecule has 1 rings (SSSR count). The lowest BCUT2D eigenvalue weighted by atomic mass is 9.86. The van der Waals surface area contributed by atoms with Crippen LogP contribution in [0.4, 0.5) is 0 Å². The molecule has 152 valence electrons. The Morgan fingerprint density at radius 2 is 1.70 bits per heavy atom. The second-order valence-corrected chi connectivity index (χ2v) is 9.45. The van der Waals surface area contributed by atoms with Crippen LogP contribution in [0.2, 0.25) is 0 Å². The summed E-state index contributed by atoms with van der Waals surface area (Å²) in [5.74, 6) is 1.17. The quantitative estimate of drug-likeness (QED) is 0.581. The maximum atomic E-state index is 12.6. The molecule has 0 aliphatic heterocycles. The molecule has 0 radical (unpaired) electrons. The van der Waals surface area contributed by atoms with Crippen LogP contribution in [0.15, 0.2) is 24.3 Å². The SMILES string of the molecule is CSCC[C@@H](NC(=O)c1ccc(C(C)(C)C)cc1)C(=O)NCCCC(C)C. The largest absolute Gasteiger partial charge is 0.354 e. The molecule has 27 heavy (non-hydrogen) atoms. The second-order valence-electron chi connectivity index (χ2n) is 8.46. The highest BCUT2D eigenvalue weighted by atomic mass is 32.2. The van der Waals surface area contributed by atoms with Gasteiger partial charge in [-0.2, -0.15) is 11.8 Å². The summed E-state index contributed by atoms with van der Waals surface area (Å²) in [6, 6.07) is 7.14. The fourth-order valence-electron chi connectivity index (χ4n) is 2.71. The van der Waals surface area contributed by atoms with E-state index in [2.05, 4.69) is 45.3 Å². The number of amides is 2. The zero-order chi connectivity index (χ0) is 20.4. The van der Waals surface area contributed by atoms with Crippen LogP contribution < -0.4 is 10.6 Å². The molecule has 2 amide bonds. The zero-order valence-electron chi connectivity index (χ0n) is 17.7. The van der Waals surface area contributed by atoms with E-state index in [9.17, 15) is 9.59 Å². The van der Waals surface area contributed by atoms with E-state index in [0.29, 0.717) is 24.4 Å². The van der Waals surface area contributed by atoms with Crippen molar-refractivity contribution in [2.45, 2.75) is 65.3 Å². The Kier molecular flexibility index (Phi) is 9.92. The normalized spacial score (nSPS) is 12.7. The fourth-order valence-corrected chi connectivity index (χ4v) is 3.18. The predicted molar refractivity (Wildman–Crippen MR) is 116 cm³/mol. The van der Waals surface area contributed by atoms with E-state index in [1.165, 1.54) is 5.56 Å². The lowest BCUT2D eigenvalue weighted by Gasteiger charge is -2.20. The number of hydrogen-bond acceptors (Lipinski definition) is 3. The highest BCUT2D eigenvalue weighted by molar-refractivity contribution is 7.98. The third kappa shape index (κ3) is 8.83. The van der Waals surface area contributed by atoms with Gasteiger partial charge in [-0.1, -0.05) is 46.8 Å². The van der Waals surface area contributed by atoms with Crippen molar-refractivity contribution in [3.05, 3.63) is 35.4 Å². The molecule has 0 bridgehead atoms. The van der Waals surface area contributed by atoms with E-state index in [0.717, 1.165) is 18.6 Å². The van der Waals surface area contributed by atoms with Crippen LogP contribution in [0.5, 0.6) is 0 Å². The Morgan fingerprint density at radius 3 is 2.22 bits per heavy atom. The minimum atomic E-state index is -0.494. The highest BCUT2D eigenvalue weighted by Crippen LogP contribution is 2.22. The van der Waals surface area contributed by atoms with Crippen LogP contribution in [-0.2, 0) is 10.2 Å². The van der Waals surface area contributed by atoms with E-state index in [1.807, 2.05) is 30.5 Å². The number of rotatable bonds is 10. The van der Waals surface area contributed by atoms with Gasteiger partial charge in [0.2, 0.25) is 5.91 Å². The third-order valence-corrected chi connectivity index (χ3v) is 5.15. The van der Waals surface area contributed by atoms with Crippen molar-refractivity contribution in [1.29, 1.82) is 0 Å². The molecule has 2 N–H and O–H groups in total. The first-order valence-electron chi connectivity index (χ1n) is 9.83. The van der Waals surface area contributed by atoms with Crippen molar-refractivity contribution in [3.63, 3.8) is 0 Å². The third-order valence-electron chi connectivity index (χ3n) is 4.50. The molecular formula is C22H36N2O2S. The molecule has 0 spiro atoms. The molecule has 1 aromatic rings. The van der Waals surface area contributed by atoms with Crippen molar-refractivity contribution in [3.8, 4) is 0 Å². The van der Waals surface area contributed by atoms with Gasteiger partial charge in [-0.25, -0.2) is 0 Å². The Balaban J connectivity index is 2.68. The topological polar surface area (TPSA) is 58.2 Å². The molecule has 1 aromatic carbocycles. The average Bonchev–Trinajstić information content (AvgIpc) is 2.61. The minimum absolute atomic E-state index is 0.0474. The summed E-state index contributed by atoms with van der Waals surface area (Å²) in [5, 5.41) is 5.88. The van der Waals surface area contributed by atoms with Crippen LogP contribution >= 0.6 is 11.8 Å². The van der Waals surface area contributed by atoms with Crippen molar-refractivity contribution in [1.82, 2.24) is 10.6 Å². The molecule has 1 atom stereocenters. The molecule has 0 aliphatic rings. The van der Waals surface area contributed by atoms with Crippen molar-refractivity contribution in [2.75, 3.05) is 18.6 Å². The number of benzene rings is 1. The average molecular weight is 393 g/mol. The lowest BCUT2D eigenvalue weighted by Crippen LogP contribution is -2.47. The van der Waals surface area contributed by atoms with E-state index >= 15 is 0 Å². The molecule has 0 aromatic heterocycles. The summed E-state index contributed by atoms with van der Waals surface area (Å²) in [4.78, 5) is 25.1. The van der Waals surface area contributed by atoms with Gasteiger partial charge in [0, 0.05) is 12.1 Å². The van der Waals surface area contributed by atoms with Gasteiger partial charge >= 0.3 is 0 Å². The first kappa shape index (κ1) is 23.5. The van der Waals surface area contributed by atoms with Crippen molar-refractivity contribution >= 4 is 23.6 Å². The zero-order valence-corrected chi connectivity index (χ0v) is 18.5. The van der Waals surface area contributed by atoms with Crippen LogP contribution in [-0.4, -0.2) is 36.4 Å². The van der Waals surface area contributed by atoms with Crippen LogP contribution in [0, 0.1) is 5.92 Å². The highest BCUT2D eigenvalue weighted by Gasteiger charge is 2.21. The maximum absolute atomic E-state index is 12.6. The van der Waals surface area contributed by atoms with Gasteiger partial charge in [0.25, 0.3) is 5.91 Å². The summed E-state index contributed by atoms with van der Waals surface area (Å²) < 4.78 is 0. The number of nitrogens with one attached hydrogen (secondary N) is 2. The van der Waals surface area contributed by atoms with E-state index in [1.54, 1.807) is 11.8 Å². The first-order chi connectivity index (χ1) is 12.6. The van der Waals surface area contributed by atoms with Crippen molar-refractivity contribution in [2.24, 2.45) is 5.92 Å². The van der Waals surface area contributed by atoms with Gasteiger partial charge in [-0.05, 0) is 60.3 Å². The van der Waals surface area contributed by atoms with Crippen molar-refractivity contribution < 1.29 is 9.59 Å². The van der Waals surface area contributed by atoms with Crippen LogP contribution in [0.25, 0.3) is 0 Å². The molecular weight excluding hydrogens is 356 g/mol. The molecule has 0 saturated carbocycles. The predicted octanol–water partition coefficient (Wildman–Crippen LogP) is 4.39. The lowest BCUT2D eigenvalue weighted by molar-refractivity contribution is -0.123. The number of carbonyl (C=O) groups is 2. The molecule has 0 saturated heterocycles. The molecule has 0 heterocycles. The summed E-state index contributed by atoms with van der Waals surface area (Å²) in [7, 11) is 0.